The Kier molecular flexibility index (Phi) is 4.34. The van der Waals surface area contributed by atoms with Crippen molar-refractivity contribution >= 4 is 27.5 Å². The second kappa shape index (κ2) is 6.02. The van der Waals surface area contributed by atoms with Crippen LogP contribution >= 0.6 is 0 Å². The topological polar surface area (TPSA) is 87.2 Å². The van der Waals surface area contributed by atoms with Crippen molar-refractivity contribution in [3.63, 3.8) is 0 Å². The number of nitrogens with one attached hydrogen (secondary N) is 2. The largest absolute Gasteiger partial charge is 0.336 e. The molecule has 0 unspecified atom stereocenters. The SMILES string of the molecule is CN(C)S(=O)(=O)Nc1ccc(Nc2ccccc2F)nn1. The number of benzene rings is 1. The van der Waals surface area contributed by atoms with Gasteiger partial charge >= 0.3 is 10.2 Å². The van der Waals surface area contributed by atoms with E-state index in [1.54, 1.807) is 18.2 Å². The molecule has 0 saturated carbocycles. The Hall–Kier alpha value is -2.26. The Morgan fingerprint density at radius 3 is 2.24 bits per heavy atom. The van der Waals surface area contributed by atoms with Crippen molar-refractivity contribution in [3.05, 3.63) is 42.2 Å². The van der Waals surface area contributed by atoms with Gasteiger partial charge in [0.05, 0.1) is 5.69 Å². The summed E-state index contributed by atoms with van der Waals surface area (Å²) in [6.07, 6.45) is 0. The monoisotopic (exact) mass is 311 g/mol. The van der Waals surface area contributed by atoms with Crippen molar-refractivity contribution in [3.8, 4) is 0 Å². The van der Waals surface area contributed by atoms with Crippen molar-refractivity contribution < 1.29 is 12.8 Å². The lowest BCUT2D eigenvalue weighted by Crippen LogP contribution is -2.29. The zero-order chi connectivity index (χ0) is 15.5. The van der Waals surface area contributed by atoms with E-state index < -0.39 is 16.0 Å². The number of hydrogen-bond donors (Lipinski definition) is 2. The molecule has 1 heterocycles. The normalized spacial score (nSPS) is 11.4. The van der Waals surface area contributed by atoms with E-state index in [9.17, 15) is 12.8 Å². The smallest absolute Gasteiger partial charge is 0.302 e. The van der Waals surface area contributed by atoms with Gasteiger partial charge in [-0.05, 0) is 24.3 Å². The Labute approximate surface area is 122 Å². The van der Waals surface area contributed by atoms with Crippen LogP contribution in [0.5, 0.6) is 0 Å². The van der Waals surface area contributed by atoms with Gasteiger partial charge in [-0.15, -0.1) is 10.2 Å². The summed E-state index contributed by atoms with van der Waals surface area (Å²) in [5.41, 5.74) is 0.258. The van der Waals surface area contributed by atoms with Gasteiger partial charge in [0.15, 0.2) is 11.6 Å². The Morgan fingerprint density at radius 2 is 1.67 bits per heavy atom. The number of halogens is 1. The van der Waals surface area contributed by atoms with Crippen LogP contribution < -0.4 is 10.0 Å². The molecular weight excluding hydrogens is 297 g/mol. The molecule has 9 heteroatoms. The van der Waals surface area contributed by atoms with E-state index in [0.29, 0.717) is 5.82 Å². The number of rotatable bonds is 5. The van der Waals surface area contributed by atoms with Crippen LogP contribution in [0.3, 0.4) is 0 Å². The molecule has 0 aliphatic heterocycles. The molecule has 2 aromatic rings. The van der Waals surface area contributed by atoms with E-state index in [0.717, 1.165) is 4.31 Å². The van der Waals surface area contributed by atoms with E-state index >= 15 is 0 Å². The highest BCUT2D eigenvalue weighted by molar-refractivity contribution is 7.90. The highest BCUT2D eigenvalue weighted by Crippen LogP contribution is 2.18. The van der Waals surface area contributed by atoms with Crippen molar-refractivity contribution in [2.75, 3.05) is 24.1 Å². The lowest BCUT2D eigenvalue weighted by Gasteiger charge is -2.12. The highest BCUT2D eigenvalue weighted by Gasteiger charge is 2.14. The first kappa shape index (κ1) is 15.1. The van der Waals surface area contributed by atoms with Gasteiger partial charge in [-0.3, -0.25) is 4.72 Å². The summed E-state index contributed by atoms with van der Waals surface area (Å²) in [6.45, 7) is 0. The van der Waals surface area contributed by atoms with Crippen LogP contribution in [0.1, 0.15) is 0 Å². The van der Waals surface area contributed by atoms with Gasteiger partial charge in [-0.1, -0.05) is 12.1 Å². The maximum absolute atomic E-state index is 13.5. The zero-order valence-corrected chi connectivity index (χ0v) is 12.2. The highest BCUT2D eigenvalue weighted by atomic mass is 32.2. The van der Waals surface area contributed by atoms with Crippen LogP contribution in [0.4, 0.5) is 21.7 Å². The average Bonchev–Trinajstić information content (AvgIpc) is 2.43. The van der Waals surface area contributed by atoms with Crippen LogP contribution in [0.15, 0.2) is 36.4 Å². The molecular formula is C12H14FN5O2S. The number of hydrogen-bond acceptors (Lipinski definition) is 5. The van der Waals surface area contributed by atoms with Crippen LogP contribution in [0.2, 0.25) is 0 Å². The molecule has 0 bridgehead atoms. The molecule has 0 aliphatic rings. The molecule has 0 spiro atoms. The van der Waals surface area contributed by atoms with Crippen LogP contribution in [-0.2, 0) is 10.2 Å². The molecule has 0 aliphatic carbocycles. The molecule has 0 saturated heterocycles. The maximum atomic E-state index is 13.5. The fraction of sp³-hybridized carbons (Fsp3) is 0.167. The van der Waals surface area contributed by atoms with Crippen molar-refractivity contribution in [1.82, 2.24) is 14.5 Å². The summed E-state index contributed by atoms with van der Waals surface area (Å²) in [5.74, 6) is -0.0487. The first-order valence-corrected chi connectivity index (χ1v) is 7.38. The van der Waals surface area contributed by atoms with Gasteiger partial charge in [0.2, 0.25) is 0 Å². The minimum Gasteiger partial charge on any atom is -0.336 e. The third-order valence-corrected chi connectivity index (χ3v) is 3.94. The third-order valence-electron chi connectivity index (χ3n) is 2.52. The summed E-state index contributed by atoms with van der Waals surface area (Å²) < 4.78 is 39.9. The van der Waals surface area contributed by atoms with Gasteiger partial charge in [0.1, 0.15) is 5.82 Å². The van der Waals surface area contributed by atoms with Crippen LogP contribution in [-0.4, -0.2) is 37.0 Å². The fourth-order valence-corrected chi connectivity index (χ4v) is 1.93. The molecule has 1 aromatic carbocycles. The van der Waals surface area contributed by atoms with E-state index in [2.05, 4.69) is 20.2 Å². The molecule has 7 nitrogen and oxygen atoms in total. The Balaban J connectivity index is 2.11. The quantitative estimate of drug-likeness (QED) is 0.875. The maximum Gasteiger partial charge on any atom is 0.302 e. The lowest BCUT2D eigenvalue weighted by molar-refractivity contribution is 0.526. The molecule has 0 amide bonds. The summed E-state index contributed by atoms with van der Waals surface area (Å²) in [6, 6.07) is 9.04. The molecule has 2 rings (SSSR count). The predicted molar refractivity (Wildman–Crippen MR) is 77.9 cm³/mol. The molecule has 112 valence electrons. The minimum absolute atomic E-state index is 0.0720. The molecule has 0 radical (unpaired) electrons. The van der Waals surface area contributed by atoms with Gasteiger partial charge < -0.3 is 5.32 Å². The van der Waals surface area contributed by atoms with Gasteiger partial charge in [0.25, 0.3) is 0 Å². The average molecular weight is 311 g/mol. The van der Waals surface area contributed by atoms with Gasteiger partial charge in [-0.2, -0.15) is 12.7 Å². The second-order valence-corrected chi connectivity index (χ2v) is 6.18. The summed E-state index contributed by atoms with van der Waals surface area (Å²) >= 11 is 0. The Morgan fingerprint density at radius 1 is 1.05 bits per heavy atom. The van der Waals surface area contributed by atoms with E-state index in [1.165, 1.54) is 32.3 Å². The minimum atomic E-state index is -3.63. The van der Waals surface area contributed by atoms with Crippen molar-refractivity contribution in [2.45, 2.75) is 0 Å². The molecule has 0 fully saturated rings. The third kappa shape index (κ3) is 3.86. The summed E-state index contributed by atoms with van der Waals surface area (Å²) in [7, 11) is -0.844. The molecule has 2 N–H and O–H groups in total. The number of aromatic nitrogens is 2. The summed E-state index contributed by atoms with van der Waals surface area (Å²) in [5, 5.41) is 10.3. The molecule has 1 aromatic heterocycles. The lowest BCUT2D eigenvalue weighted by atomic mass is 10.3. The first-order valence-electron chi connectivity index (χ1n) is 5.94. The number of para-hydroxylation sites is 1. The van der Waals surface area contributed by atoms with E-state index in [1.807, 2.05) is 0 Å². The van der Waals surface area contributed by atoms with Gasteiger partial charge in [-0.25, -0.2) is 4.39 Å². The Bertz CT molecular complexity index is 719. The second-order valence-electron chi connectivity index (χ2n) is 4.30. The fourth-order valence-electron chi connectivity index (χ4n) is 1.38. The number of anilines is 3. The molecule has 21 heavy (non-hydrogen) atoms. The standard InChI is InChI=1S/C12H14FN5O2S/c1-18(2)21(19,20)17-12-8-7-11(15-16-12)14-10-6-4-3-5-9(10)13/h3-8H,1-2H3,(H,14,15)(H,16,17). The zero-order valence-electron chi connectivity index (χ0n) is 11.4. The van der Waals surface area contributed by atoms with Crippen LogP contribution in [0, 0.1) is 5.82 Å². The number of nitrogens with zero attached hydrogens (tertiary/aromatic N) is 3. The molecule has 0 atom stereocenters. The predicted octanol–water partition coefficient (Wildman–Crippen LogP) is 1.58. The first-order chi connectivity index (χ1) is 9.88. The van der Waals surface area contributed by atoms with Crippen molar-refractivity contribution in [1.29, 1.82) is 0 Å². The summed E-state index contributed by atoms with van der Waals surface area (Å²) in [4.78, 5) is 0. The van der Waals surface area contributed by atoms with E-state index in [4.69, 9.17) is 0 Å². The van der Waals surface area contributed by atoms with Crippen molar-refractivity contribution in [2.24, 2.45) is 0 Å². The van der Waals surface area contributed by atoms with E-state index in [-0.39, 0.29) is 11.5 Å². The van der Waals surface area contributed by atoms with Crippen LogP contribution in [0.25, 0.3) is 0 Å². The van der Waals surface area contributed by atoms with Gasteiger partial charge in [0, 0.05) is 14.1 Å².